The number of phenolic OH excluding ortho intramolecular Hbond substituents is 1. The van der Waals surface area contributed by atoms with Crippen molar-refractivity contribution in [2.75, 3.05) is 0 Å². The largest absolute Gasteiger partial charge is 0.507 e. The van der Waals surface area contributed by atoms with Gasteiger partial charge >= 0.3 is 0 Å². The Morgan fingerprint density at radius 2 is 1.55 bits per heavy atom. The van der Waals surface area contributed by atoms with Crippen LogP contribution in [0.15, 0.2) is 48.5 Å². The molecule has 0 atom stereocenters. The highest BCUT2D eigenvalue weighted by Gasteiger charge is 2.18. The summed E-state index contributed by atoms with van der Waals surface area (Å²) >= 11 is 0. The van der Waals surface area contributed by atoms with E-state index in [4.69, 9.17) is 0 Å². The topological polar surface area (TPSA) is 38.0 Å². The monoisotopic (exact) mass is 296 g/mol. The fourth-order valence-electron chi connectivity index (χ4n) is 2.77. The van der Waals surface area contributed by atoms with Crippen molar-refractivity contribution in [3.63, 3.8) is 0 Å². The molecule has 0 aliphatic carbocycles. The van der Waals surface area contributed by atoms with E-state index in [2.05, 4.69) is 31.1 Å². The normalized spacial score (nSPS) is 10.3. The molecular formula is C19H24N2O. The molecule has 2 aromatic carbocycles. The highest BCUT2D eigenvalue weighted by atomic mass is 16.3. The van der Waals surface area contributed by atoms with Gasteiger partial charge in [-0.25, -0.2) is 0 Å². The van der Waals surface area contributed by atoms with Gasteiger partial charge in [0.25, 0.3) is 0 Å². The smallest absolute Gasteiger partial charge is 0.124 e. The molecule has 0 saturated heterocycles. The zero-order valence-corrected chi connectivity index (χ0v) is 12.5. The van der Waals surface area contributed by atoms with E-state index >= 15 is 0 Å². The Hall–Kier alpha value is -2.55. The number of nitrogens with zero attached hydrogens (tertiary/aromatic N) is 2. The zero-order valence-electron chi connectivity index (χ0n) is 12.5. The third kappa shape index (κ3) is 2.50. The summed E-state index contributed by atoms with van der Waals surface area (Å²) in [6.45, 7) is 4.14. The van der Waals surface area contributed by atoms with Crippen molar-refractivity contribution in [1.29, 1.82) is 0 Å². The standard InChI is InChI=1S/C18H18N2O.CH4.H2/c1-12-8-4-5-9-14(12)17-13(2)18(20(3)19-17)15-10-6-7-11-16(15)21;;/h4-11,21H,1-3H3;1H4;1H. The summed E-state index contributed by atoms with van der Waals surface area (Å²) in [6, 6.07) is 15.6. The second-order valence-electron chi connectivity index (χ2n) is 5.28. The number of benzene rings is 2. The summed E-state index contributed by atoms with van der Waals surface area (Å²) in [5, 5.41) is 14.8. The third-order valence-electron chi connectivity index (χ3n) is 3.84. The minimum absolute atomic E-state index is 0. The van der Waals surface area contributed by atoms with Gasteiger partial charge < -0.3 is 5.11 Å². The Balaban J connectivity index is 0.00000132. The molecule has 3 nitrogen and oxygen atoms in total. The van der Waals surface area contributed by atoms with E-state index < -0.39 is 0 Å². The van der Waals surface area contributed by atoms with Crippen LogP contribution in [0, 0.1) is 13.8 Å². The van der Waals surface area contributed by atoms with E-state index in [1.807, 2.05) is 42.1 Å². The van der Waals surface area contributed by atoms with Gasteiger partial charge in [-0.05, 0) is 31.5 Å². The van der Waals surface area contributed by atoms with Crippen LogP contribution in [0.5, 0.6) is 5.75 Å². The molecule has 0 radical (unpaired) electrons. The Morgan fingerprint density at radius 1 is 0.955 bits per heavy atom. The van der Waals surface area contributed by atoms with Crippen molar-refractivity contribution < 1.29 is 6.53 Å². The molecule has 0 fully saturated rings. The number of hydrogen-bond donors (Lipinski definition) is 1. The Morgan fingerprint density at radius 3 is 2.18 bits per heavy atom. The maximum absolute atomic E-state index is 10.1. The lowest BCUT2D eigenvalue weighted by molar-refractivity contribution is 0.476. The summed E-state index contributed by atoms with van der Waals surface area (Å²) in [7, 11) is 1.91. The highest BCUT2D eigenvalue weighted by Crippen LogP contribution is 2.36. The van der Waals surface area contributed by atoms with Crippen LogP contribution < -0.4 is 0 Å². The predicted octanol–water partition coefficient (Wildman–Crippen LogP) is 4.96. The zero-order chi connectivity index (χ0) is 15.0. The lowest BCUT2D eigenvalue weighted by Crippen LogP contribution is -1.94. The number of para-hydroxylation sites is 1. The lowest BCUT2D eigenvalue weighted by Gasteiger charge is -2.06. The molecule has 0 unspecified atom stereocenters. The number of aromatic nitrogens is 2. The maximum atomic E-state index is 10.1. The molecule has 3 aromatic rings. The number of rotatable bonds is 2. The quantitative estimate of drug-likeness (QED) is 0.726. The molecule has 1 heterocycles. The second-order valence-corrected chi connectivity index (χ2v) is 5.28. The van der Waals surface area contributed by atoms with Crippen molar-refractivity contribution >= 4 is 0 Å². The number of aryl methyl sites for hydroxylation is 2. The van der Waals surface area contributed by atoms with Gasteiger partial charge in [-0.15, -0.1) is 0 Å². The van der Waals surface area contributed by atoms with Crippen molar-refractivity contribution in [2.45, 2.75) is 21.3 Å². The van der Waals surface area contributed by atoms with Gasteiger partial charge in [0, 0.05) is 25.2 Å². The van der Waals surface area contributed by atoms with Gasteiger partial charge in [0.2, 0.25) is 0 Å². The van der Waals surface area contributed by atoms with Gasteiger partial charge in [-0.3, -0.25) is 4.68 Å². The molecule has 1 N–H and O–H groups in total. The molecule has 22 heavy (non-hydrogen) atoms. The molecule has 0 aliphatic heterocycles. The first-order chi connectivity index (χ1) is 10.1. The minimum Gasteiger partial charge on any atom is -0.507 e. The van der Waals surface area contributed by atoms with Crippen LogP contribution in [0.4, 0.5) is 0 Å². The molecule has 3 rings (SSSR count). The predicted molar refractivity (Wildman–Crippen MR) is 94.1 cm³/mol. The lowest BCUT2D eigenvalue weighted by atomic mass is 9.99. The van der Waals surface area contributed by atoms with Crippen LogP contribution >= 0.6 is 0 Å². The van der Waals surface area contributed by atoms with Crippen molar-refractivity contribution in [3.05, 3.63) is 59.7 Å². The Bertz CT molecular complexity index is 809. The van der Waals surface area contributed by atoms with Gasteiger partial charge in [0.15, 0.2) is 0 Å². The molecule has 116 valence electrons. The first-order valence-corrected chi connectivity index (χ1v) is 6.97. The van der Waals surface area contributed by atoms with Gasteiger partial charge in [-0.1, -0.05) is 43.8 Å². The van der Waals surface area contributed by atoms with Crippen LogP contribution in [-0.4, -0.2) is 14.9 Å². The van der Waals surface area contributed by atoms with E-state index in [0.717, 1.165) is 28.1 Å². The van der Waals surface area contributed by atoms with Crippen LogP contribution in [-0.2, 0) is 7.05 Å². The van der Waals surface area contributed by atoms with E-state index in [1.165, 1.54) is 5.56 Å². The van der Waals surface area contributed by atoms with Crippen LogP contribution in [0.25, 0.3) is 22.5 Å². The fourth-order valence-corrected chi connectivity index (χ4v) is 2.77. The molecule has 3 heteroatoms. The minimum atomic E-state index is 0. The summed E-state index contributed by atoms with van der Waals surface area (Å²) in [4.78, 5) is 0. The maximum Gasteiger partial charge on any atom is 0.124 e. The summed E-state index contributed by atoms with van der Waals surface area (Å²) in [5.41, 5.74) is 6.13. The second kappa shape index (κ2) is 6.06. The van der Waals surface area contributed by atoms with E-state index in [-0.39, 0.29) is 14.6 Å². The molecule has 0 aliphatic rings. The highest BCUT2D eigenvalue weighted by molar-refractivity contribution is 5.78. The fraction of sp³-hybridized carbons (Fsp3) is 0.211. The number of phenols is 1. The number of aromatic hydroxyl groups is 1. The summed E-state index contributed by atoms with van der Waals surface area (Å²) in [5.74, 6) is 0.278. The van der Waals surface area contributed by atoms with Gasteiger partial charge in [0.05, 0.1) is 11.4 Å². The molecule has 0 saturated carbocycles. The van der Waals surface area contributed by atoms with E-state index in [0.29, 0.717) is 0 Å². The summed E-state index contributed by atoms with van der Waals surface area (Å²) < 4.78 is 1.84. The average molecular weight is 296 g/mol. The Labute approximate surface area is 133 Å². The first kappa shape index (κ1) is 15.8. The van der Waals surface area contributed by atoms with Crippen LogP contribution in [0.3, 0.4) is 0 Å². The van der Waals surface area contributed by atoms with Gasteiger partial charge in [-0.2, -0.15) is 5.10 Å². The van der Waals surface area contributed by atoms with Crippen LogP contribution in [0.1, 0.15) is 20.0 Å². The Kier molecular flexibility index (Phi) is 4.36. The van der Waals surface area contributed by atoms with Crippen molar-refractivity contribution in [1.82, 2.24) is 9.78 Å². The third-order valence-corrected chi connectivity index (χ3v) is 3.84. The average Bonchev–Trinajstić information content (AvgIpc) is 2.75. The van der Waals surface area contributed by atoms with Gasteiger partial charge in [0.1, 0.15) is 5.75 Å². The molecular weight excluding hydrogens is 272 g/mol. The van der Waals surface area contributed by atoms with E-state index in [1.54, 1.807) is 6.07 Å². The molecule has 0 spiro atoms. The van der Waals surface area contributed by atoms with E-state index in [9.17, 15) is 5.11 Å². The molecule has 0 bridgehead atoms. The first-order valence-electron chi connectivity index (χ1n) is 6.97. The van der Waals surface area contributed by atoms with Crippen molar-refractivity contribution in [2.24, 2.45) is 7.05 Å². The number of hydrogen-bond acceptors (Lipinski definition) is 2. The molecule has 1 aromatic heterocycles. The van der Waals surface area contributed by atoms with Crippen LogP contribution in [0.2, 0.25) is 0 Å². The molecule has 0 amide bonds. The summed E-state index contributed by atoms with van der Waals surface area (Å²) in [6.07, 6.45) is 0. The van der Waals surface area contributed by atoms with Crippen molar-refractivity contribution in [3.8, 4) is 28.3 Å². The SMILES string of the molecule is C.Cc1ccccc1-c1nn(C)c(-c2ccccc2O)c1C.[HH].